The van der Waals surface area contributed by atoms with Gasteiger partial charge in [0, 0.05) is 24.6 Å². The van der Waals surface area contributed by atoms with E-state index in [2.05, 4.69) is 0 Å². The van der Waals surface area contributed by atoms with E-state index < -0.39 is 29.3 Å². The molecule has 3 amide bonds. The van der Waals surface area contributed by atoms with Crippen LogP contribution in [0.4, 0.5) is 4.79 Å². The fourth-order valence-corrected chi connectivity index (χ4v) is 4.97. The number of nitrogens with zero attached hydrogens (tertiary/aromatic N) is 2. The lowest BCUT2D eigenvalue weighted by Crippen LogP contribution is -2.50. The molecule has 37 heavy (non-hydrogen) atoms. The number of amidine groups is 1. The molecule has 0 spiro atoms. The lowest BCUT2D eigenvalue weighted by atomic mass is 9.78. The van der Waals surface area contributed by atoms with Crippen molar-refractivity contribution in [2.45, 2.75) is 32.7 Å². The summed E-state index contributed by atoms with van der Waals surface area (Å²) >= 11 is 0. The third kappa shape index (κ3) is 5.13. The molecule has 0 aliphatic carbocycles. The molecule has 0 saturated carbocycles. The summed E-state index contributed by atoms with van der Waals surface area (Å²) in [7, 11) is 1.25. The Morgan fingerprint density at radius 1 is 1.05 bits per heavy atom. The zero-order valence-electron chi connectivity index (χ0n) is 21.2. The van der Waals surface area contributed by atoms with E-state index in [0.717, 1.165) is 24.0 Å². The number of hydrogen-bond acceptors (Lipinski definition) is 6. The fourth-order valence-electron chi connectivity index (χ4n) is 4.97. The summed E-state index contributed by atoms with van der Waals surface area (Å²) in [6.07, 6.45) is 1.78. The molecule has 3 atom stereocenters. The van der Waals surface area contributed by atoms with Gasteiger partial charge in [0.1, 0.15) is 23.6 Å². The lowest BCUT2D eigenvalue weighted by molar-refractivity contribution is -0.159. The van der Waals surface area contributed by atoms with Crippen molar-refractivity contribution in [3.8, 4) is 16.9 Å². The highest BCUT2D eigenvalue weighted by Crippen LogP contribution is 2.43. The maximum absolute atomic E-state index is 13.4. The third-order valence-electron chi connectivity index (χ3n) is 7.48. The van der Waals surface area contributed by atoms with Gasteiger partial charge < -0.3 is 20.1 Å². The molecule has 2 fully saturated rings. The first-order valence-corrected chi connectivity index (χ1v) is 12.1. The molecule has 3 N–H and O–H groups in total. The van der Waals surface area contributed by atoms with E-state index in [0.29, 0.717) is 24.4 Å². The number of urea groups is 1. The summed E-state index contributed by atoms with van der Waals surface area (Å²) in [4.78, 5) is 42.2. The number of amides is 3. The average Bonchev–Trinajstić information content (AvgIpc) is 3.50. The van der Waals surface area contributed by atoms with Crippen molar-refractivity contribution in [2.24, 2.45) is 17.1 Å². The van der Waals surface area contributed by atoms with Gasteiger partial charge >= 0.3 is 12.0 Å². The Kier molecular flexibility index (Phi) is 8.48. The molecule has 9 nitrogen and oxygen atoms in total. The van der Waals surface area contributed by atoms with Crippen LogP contribution < -0.4 is 10.5 Å². The second kappa shape index (κ2) is 11.2. The monoisotopic (exact) mass is 528 g/mol. The standard InChI is InChI=1S/C27H32N4O5.ClH/c1-17-22(31(26(34)30-14-4-5-15-30)24(32)27(17,2)25(33)35-3)16-36-21-12-10-19(11-13-21)18-6-8-20(9-7-18)23(28)29;/h6-13,17,22H,4-5,14-16H2,1-3H3,(H3,28,29);1H/t17?,22-,27+;/m1./s1. The molecule has 2 aliphatic heterocycles. The first-order valence-electron chi connectivity index (χ1n) is 12.1. The Morgan fingerprint density at radius 2 is 1.59 bits per heavy atom. The second-order valence-electron chi connectivity index (χ2n) is 9.53. The first-order chi connectivity index (χ1) is 17.2. The first kappa shape index (κ1) is 28.0. The smallest absolute Gasteiger partial charge is 0.327 e. The summed E-state index contributed by atoms with van der Waals surface area (Å²) in [6.45, 7) is 4.57. The maximum atomic E-state index is 13.4. The zero-order chi connectivity index (χ0) is 26.0. The highest BCUT2D eigenvalue weighted by molar-refractivity contribution is 6.10. The molecule has 2 saturated heterocycles. The molecule has 198 valence electrons. The van der Waals surface area contributed by atoms with Gasteiger partial charge in [-0.1, -0.05) is 43.3 Å². The molecule has 0 radical (unpaired) electrons. The molecule has 2 aromatic carbocycles. The van der Waals surface area contributed by atoms with Crippen LogP contribution in [0.25, 0.3) is 11.1 Å². The van der Waals surface area contributed by atoms with Crippen molar-refractivity contribution in [2.75, 3.05) is 26.8 Å². The third-order valence-corrected chi connectivity index (χ3v) is 7.48. The van der Waals surface area contributed by atoms with Crippen LogP contribution in [0.1, 0.15) is 32.3 Å². The van der Waals surface area contributed by atoms with E-state index in [1.807, 2.05) is 36.4 Å². The summed E-state index contributed by atoms with van der Waals surface area (Å²) < 4.78 is 11.0. The summed E-state index contributed by atoms with van der Waals surface area (Å²) in [6, 6.07) is 13.9. The number of methoxy groups -OCH3 is 1. The molecule has 10 heteroatoms. The van der Waals surface area contributed by atoms with Gasteiger partial charge in [-0.3, -0.25) is 19.9 Å². The van der Waals surface area contributed by atoms with Crippen molar-refractivity contribution in [3.63, 3.8) is 0 Å². The molecule has 2 heterocycles. The van der Waals surface area contributed by atoms with Crippen molar-refractivity contribution >= 4 is 36.2 Å². The van der Waals surface area contributed by atoms with Crippen molar-refractivity contribution < 1.29 is 23.9 Å². The molecular weight excluding hydrogens is 496 g/mol. The van der Waals surface area contributed by atoms with Gasteiger partial charge in [0.25, 0.3) is 0 Å². The predicted octanol–water partition coefficient (Wildman–Crippen LogP) is 3.68. The topological polar surface area (TPSA) is 126 Å². The molecule has 2 aliphatic rings. The molecule has 4 rings (SSSR count). The van der Waals surface area contributed by atoms with Gasteiger partial charge in [-0.2, -0.15) is 0 Å². The van der Waals surface area contributed by atoms with Crippen LogP contribution in [0.3, 0.4) is 0 Å². The maximum Gasteiger partial charge on any atom is 0.327 e. The van der Waals surface area contributed by atoms with E-state index in [4.69, 9.17) is 20.6 Å². The second-order valence-corrected chi connectivity index (χ2v) is 9.53. The van der Waals surface area contributed by atoms with Crippen molar-refractivity contribution in [3.05, 3.63) is 54.1 Å². The number of nitrogens with one attached hydrogen (secondary N) is 1. The Labute approximate surface area is 222 Å². The molecule has 0 bridgehead atoms. The summed E-state index contributed by atoms with van der Waals surface area (Å²) in [5.41, 5.74) is 6.65. The highest BCUT2D eigenvalue weighted by atomic mass is 35.5. The number of ether oxygens (including phenoxy) is 2. The van der Waals surface area contributed by atoms with Gasteiger partial charge in [0.05, 0.1) is 13.2 Å². The van der Waals surface area contributed by atoms with Crippen LogP contribution in [-0.4, -0.2) is 66.4 Å². The van der Waals surface area contributed by atoms with E-state index in [1.54, 1.807) is 30.9 Å². The minimum Gasteiger partial charge on any atom is -0.491 e. The average molecular weight is 529 g/mol. The fraction of sp³-hybridized carbons (Fsp3) is 0.407. The van der Waals surface area contributed by atoms with Crippen LogP contribution >= 0.6 is 12.4 Å². The number of nitrogen functional groups attached to an aromatic ring is 1. The normalized spacial score (nSPS) is 22.9. The number of carbonyl (C=O) groups excluding carboxylic acids is 3. The van der Waals surface area contributed by atoms with Gasteiger partial charge in [-0.25, -0.2) is 4.79 Å². The molecule has 0 aromatic heterocycles. The van der Waals surface area contributed by atoms with Crippen LogP contribution in [0, 0.1) is 16.7 Å². The Hall–Kier alpha value is -3.59. The number of halogens is 1. The molecule has 2 aromatic rings. The molecular formula is C27H33ClN4O5. The minimum atomic E-state index is -1.46. The lowest BCUT2D eigenvalue weighted by Gasteiger charge is -2.29. The highest BCUT2D eigenvalue weighted by Gasteiger charge is 2.62. The largest absolute Gasteiger partial charge is 0.491 e. The number of esters is 1. The number of nitrogens with two attached hydrogens (primary N) is 1. The Balaban J connectivity index is 0.00000380. The Bertz CT molecular complexity index is 1160. The van der Waals surface area contributed by atoms with Crippen LogP contribution in [-0.2, 0) is 14.3 Å². The number of rotatable bonds is 6. The van der Waals surface area contributed by atoms with Gasteiger partial charge in [0.2, 0.25) is 5.91 Å². The summed E-state index contributed by atoms with van der Waals surface area (Å²) in [5.74, 6) is -1.09. The molecule has 1 unspecified atom stereocenters. The number of likely N-dealkylation sites (tertiary alicyclic amines) is 2. The van der Waals surface area contributed by atoms with Gasteiger partial charge in [-0.05, 0) is 43.0 Å². The van der Waals surface area contributed by atoms with Gasteiger partial charge in [-0.15, -0.1) is 12.4 Å². The number of carbonyl (C=O) groups is 3. The van der Waals surface area contributed by atoms with E-state index >= 15 is 0 Å². The number of benzene rings is 2. The Morgan fingerprint density at radius 3 is 2.11 bits per heavy atom. The number of imide groups is 1. The van der Waals surface area contributed by atoms with E-state index in [1.165, 1.54) is 12.0 Å². The van der Waals surface area contributed by atoms with Crippen LogP contribution in [0.15, 0.2) is 48.5 Å². The SMILES string of the molecule is COC(=O)[C@]1(C)C(=O)N(C(=O)N2CCCC2)[C@H](COc2ccc(-c3ccc(C(=N)N)cc3)cc2)C1C.Cl. The van der Waals surface area contributed by atoms with Gasteiger partial charge in [0.15, 0.2) is 0 Å². The van der Waals surface area contributed by atoms with E-state index in [-0.39, 0.29) is 30.9 Å². The van der Waals surface area contributed by atoms with Crippen molar-refractivity contribution in [1.82, 2.24) is 9.80 Å². The van der Waals surface area contributed by atoms with Crippen LogP contribution in [0.2, 0.25) is 0 Å². The summed E-state index contributed by atoms with van der Waals surface area (Å²) in [5, 5.41) is 7.52. The predicted molar refractivity (Wildman–Crippen MR) is 142 cm³/mol. The number of hydrogen-bond donors (Lipinski definition) is 2. The van der Waals surface area contributed by atoms with Crippen LogP contribution in [0.5, 0.6) is 5.75 Å². The van der Waals surface area contributed by atoms with E-state index in [9.17, 15) is 14.4 Å². The quantitative estimate of drug-likeness (QED) is 0.255. The van der Waals surface area contributed by atoms with Crippen molar-refractivity contribution in [1.29, 1.82) is 5.41 Å². The minimum absolute atomic E-state index is 0. The zero-order valence-corrected chi connectivity index (χ0v) is 22.0.